The molecule has 0 atom stereocenters. The van der Waals surface area contributed by atoms with Crippen LogP contribution in [0.3, 0.4) is 0 Å². The predicted molar refractivity (Wildman–Crippen MR) is 64.1 cm³/mol. The van der Waals surface area contributed by atoms with Crippen molar-refractivity contribution in [3.05, 3.63) is 47.0 Å². The molecule has 0 radical (unpaired) electrons. The van der Waals surface area contributed by atoms with Gasteiger partial charge in [0, 0.05) is 10.6 Å². The molecule has 0 saturated carbocycles. The Morgan fingerprint density at radius 2 is 1.78 bits per heavy atom. The molecule has 1 aromatic heterocycles. The Bertz CT molecular complexity index is 562. The average molecular weight is 273 g/mol. The van der Waals surface area contributed by atoms with Crippen LogP contribution < -0.4 is 5.73 Å². The van der Waals surface area contributed by atoms with Gasteiger partial charge in [-0.25, -0.2) is 4.98 Å². The van der Waals surface area contributed by atoms with Gasteiger partial charge in [-0.1, -0.05) is 29.8 Å². The molecule has 0 aliphatic rings. The van der Waals surface area contributed by atoms with Crippen molar-refractivity contribution in [3.8, 4) is 11.3 Å². The number of aromatic nitrogens is 1. The number of halogens is 4. The van der Waals surface area contributed by atoms with Crippen LogP contribution in [-0.2, 0) is 6.18 Å². The molecule has 6 heteroatoms. The molecule has 0 spiro atoms. The molecule has 0 aliphatic heterocycles. The van der Waals surface area contributed by atoms with Crippen molar-refractivity contribution < 1.29 is 13.2 Å². The highest BCUT2D eigenvalue weighted by molar-refractivity contribution is 6.31. The molecule has 2 N–H and O–H groups in total. The minimum atomic E-state index is -4.45. The summed E-state index contributed by atoms with van der Waals surface area (Å²) in [7, 11) is 0. The summed E-state index contributed by atoms with van der Waals surface area (Å²) in [5.41, 5.74) is 4.78. The summed E-state index contributed by atoms with van der Waals surface area (Å²) >= 11 is 5.77. The highest BCUT2D eigenvalue weighted by Crippen LogP contribution is 2.37. The van der Waals surface area contributed by atoms with Crippen molar-refractivity contribution in [2.75, 3.05) is 5.73 Å². The summed E-state index contributed by atoms with van der Waals surface area (Å²) in [6.45, 7) is 0. The Morgan fingerprint density at radius 1 is 1.11 bits per heavy atom. The smallest absolute Gasteiger partial charge is 0.384 e. The van der Waals surface area contributed by atoms with E-state index in [1.807, 2.05) is 0 Å². The van der Waals surface area contributed by atoms with E-state index < -0.39 is 11.7 Å². The molecule has 0 aliphatic carbocycles. The SMILES string of the molecule is Nc1cc(Cl)cc(-c2ccccc2C(F)(F)F)n1. The Balaban J connectivity index is 2.64. The Labute approximate surface area is 106 Å². The predicted octanol–water partition coefficient (Wildman–Crippen LogP) is 4.00. The topological polar surface area (TPSA) is 38.9 Å². The molecule has 18 heavy (non-hydrogen) atoms. The second kappa shape index (κ2) is 4.49. The lowest BCUT2D eigenvalue weighted by Crippen LogP contribution is -2.07. The summed E-state index contributed by atoms with van der Waals surface area (Å²) in [5.74, 6) is 0.0782. The van der Waals surface area contributed by atoms with Crippen molar-refractivity contribution in [2.45, 2.75) is 6.18 Å². The van der Waals surface area contributed by atoms with Gasteiger partial charge in [0.05, 0.1) is 11.3 Å². The number of pyridine rings is 1. The van der Waals surface area contributed by atoms with Crippen LogP contribution in [0.15, 0.2) is 36.4 Å². The van der Waals surface area contributed by atoms with Gasteiger partial charge < -0.3 is 5.73 Å². The summed E-state index contributed by atoms with van der Waals surface area (Å²) in [5, 5.41) is 0.245. The van der Waals surface area contributed by atoms with Crippen LogP contribution >= 0.6 is 11.6 Å². The van der Waals surface area contributed by atoms with E-state index in [1.165, 1.54) is 30.3 Å². The van der Waals surface area contributed by atoms with Crippen molar-refractivity contribution in [1.82, 2.24) is 4.98 Å². The van der Waals surface area contributed by atoms with Crippen LogP contribution in [0.25, 0.3) is 11.3 Å². The zero-order valence-corrected chi connectivity index (χ0v) is 9.76. The highest BCUT2D eigenvalue weighted by atomic mass is 35.5. The highest BCUT2D eigenvalue weighted by Gasteiger charge is 2.33. The number of alkyl halides is 3. The molecular formula is C12H8ClF3N2. The van der Waals surface area contributed by atoms with Gasteiger partial charge in [-0.3, -0.25) is 0 Å². The van der Waals surface area contributed by atoms with E-state index in [0.717, 1.165) is 6.07 Å². The number of nitrogens with zero attached hydrogens (tertiary/aromatic N) is 1. The molecular weight excluding hydrogens is 265 g/mol. The molecule has 0 saturated heterocycles. The van der Waals surface area contributed by atoms with Crippen LogP contribution in [0.1, 0.15) is 5.56 Å². The van der Waals surface area contributed by atoms with Gasteiger partial charge >= 0.3 is 6.18 Å². The first-order valence-electron chi connectivity index (χ1n) is 4.97. The van der Waals surface area contributed by atoms with Crippen molar-refractivity contribution in [2.24, 2.45) is 0 Å². The lowest BCUT2D eigenvalue weighted by atomic mass is 10.0. The third-order valence-electron chi connectivity index (χ3n) is 2.32. The van der Waals surface area contributed by atoms with E-state index in [2.05, 4.69) is 4.98 Å². The Hall–Kier alpha value is -1.75. The molecule has 0 unspecified atom stereocenters. The molecule has 0 fully saturated rings. The Morgan fingerprint density at radius 3 is 2.39 bits per heavy atom. The second-order valence-corrected chi connectivity index (χ2v) is 4.08. The van der Waals surface area contributed by atoms with E-state index in [0.29, 0.717) is 0 Å². The third kappa shape index (κ3) is 2.56. The first-order valence-corrected chi connectivity index (χ1v) is 5.35. The standard InChI is InChI=1S/C12H8ClF3N2/c13-7-5-10(18-11(17)6-7)8-3-1-2-4-9(8)12(14,15)16/h1-6H,(H2,17,18). The van der Waals surface area contributed by atoms with E-state index in [4.69, 9.17) is 17.3 Å². The molecule has 0 bridgehead atoms. The first kappa shape index (κ1) is 12.7. The van der Waals surface area contributed by atoms with Crippen molar-refractivity contribution in [3.63, 3.8) is 0 Å². The maximum absolute atomic E-state index is 12.8. The summed E-state index contributed by atoms with van der Waals surface area (Å²) in [6, 6.07) is 7.88. The summed E-state index contributed by atoms with van der Waals surface area (Å²) < 4.78 is 38.5. The zero-order chi connectivity index (χ0) is 13.3. The lowest BCUT2D eigenvalue weighted by Gasteiger charge is -2.12. The minimum Gasteiger partial charge on any atom is -0.384 e. The van der Waals surface area contributed by atoms with E-state index >= 15 is 0 Å². The van der Waals surface area contributed by atoms with Gasteiger partial charge in [0.15, 0.2) is 0 Å². The summed E-state index contributed by atoms with van der Waals surface area (Å²) in [6.07, 6.45) is -4.45. The molecule has 2 rings (SSSR count). The van der Waals surface area contributed by atoms with Crippen LogP contribution in [-0.4, -0.2) is 4.98 Å². The number of hydrogen-bond donors (Lipinski definition) is 1. The van der Waals surface area contributed by atoms with Gasteiger partial charge in [-0.15, -0.1) is 0 Å². The number of hydrogen-bond acceptors (Lipinski definition) is 2. The molecule has 1 aromatic carbocycles. The zero-order valence-electron chi connectivity index (χ0n) is 9.00. The van der Waals surface area contributed by atoms with Gasteiger partial charge in [0.2, 0.25) is 0 Å². The monoisotopic (exact) mass is 272 g/mol. The van der Waals surface area contributed by atoms with Crippen LogP contribution in [0.5, 0.6) is 0 Å². The second-order valence-electron chi connectivity index (χ2n) is 3.64. The molecule has 2 nitrogen and oxygen atoms in total. The summed E-state index contributed by atoms with van der Waals surface area (Å²) in [4.78, 5) is 3.87. The van der Waals surface area contributed by atoms with E-state index in [-0.39, 0.29) is 22.1 Å². The molecule has 0 amide bonds. The molecule has 94 valence electrons. The van der Waals surface area contributed by atoms with Crippen LogP contribution in [0.4, 0.5) is 19.0 Å². The van der Waals surface area contributed by atoms with Gasteiger partial charge in [-0.2, -0.15) is 13.2 Å². The average Bonchev–Trinajstić information content (AvgIpc) is 2.26. The fourth-order valence-electron chi connectivity index (χ4n) is 1.61. The number of benzene rings is 1. The number of nitrogen functional groups attached to an aromatic ring is 1. The molecule has 2 aromatic rings. The van der Waals surface area contributed by atoms with Gasteiger partial charge in [-0.05, 0) is 18.2 Å². The van der Waals surface area contributed by atoms with Crippen LogP contribution in [0.2, 0.25) is 5.02 Å². The van der Waals surface area contributed by atoms with Crippen molar-refractivity contribution in [1.29, 1.82) is 0 Å². The maximum atomic E-state index is 12.8. The Kier molecular flexibility index (Phi) is 3.17. The van der Waals surface area contributed by atoms with Gasteiger partial charge in [0.1, 0.15) is 5.82 Å². The number of rotatable bonds is 1. The third-order valence-corrected chi connectivity index (χ3v) is 2.54. The fraction of sp³-hybridized carbons (Fsp3) is 0.0833. The van der Waals surface area contributed by atoms with Crippen LogP contribution in [0, 0.1) is 0 Å². The maximum Gasteiger partial charge on any atom is 0.417 e. The minimum absolute atomic E-state index is 0.0424. The first-order chi connectivity index (χ1) is 8.38. The lowest BCUT2D eigenvalue weighted by molar-refractivity contribution is -0.137. The van der Waals surface area contributed by atoms with E-state index in [9.17, 15) is 13.2 Å². The molecule has 1 heterocycles. The quantitative estimate of drug-likeness (QED) is 0.852. The van der Waals surface area contributed by atoms with Crippen molar-refractivity contribution >= 4 is 17.4 Å². The van der Waals surface area contributed by atoms with Gasteiger partial charge in [0.25, 0.3) is 0 Å². The largest absolute Gasteiger partial charge is 0.417 e. The number of anilines is 1. The van der Waals surface area contributed by atoms with E-state index in [1.54, 1.807) is 0 Å². The normalized spacial score (nSPS) is 11.6. The number of nitrogens with two attached hydrogens (primary N) is 1. The fourth-order valence-corrected chi connectivity index (χ4v) is 1.82.